The molecule has 17 heteroatoms. The Morgan fingerprint density at radius 2 is 1.00 bits per heavy atom. The van der Waals surface area contributed by atoms with Crippen LogP contribution in [0.2, 0.25) is 10.0 Å². The van der Waals surface area contributed by atoms with Crippen molar-refractivity contribution in [3.63, 3.8) is 0 Å². The molecule has 6 N–H and O–H groups in total. The lowest BCUT2D eigenvalue weighted by Crippen LogP contribution is -2.48. The average Bonchev–Trinajstić information content (AvgIpc) is 4.33. The molecule has 10 rings (SSSR count). The molecule has 2 aliphatic heterocycles. The van der Waals surface area contributed by atoms with E-state index in [1.54, 1.807) is 84.9 Å². The molecular weight excluding hydrogens is 1030 g/mol. The first-order chi connectivity index (χ1) is 37.1. The van der Waals surface area contributed by atoms with E-state index in [-0.39, 0.29) is 34.9 Å². The van der Waals surface area contributed by atoms with E-state index < -0.39 is 41.7 Å². The number of amides is 1. The van der Waals surface area contributed by atoms with Crippen LogP contribution in [-0.2, 0) is 9.59 Å². The summed E-state index contributed by atoms with van der Waals surface area (Å²) in [5, 5.41) is 34.0. The molecule has 2 saturated carbocycles. The maximum Gasteiger partial charge on any atom is 0.377 e. The van der Waals surface area contributed by atoms with E-state index in [1.807, 2.05) is 12.1 Å². The van der Waals surface area contributed by atoms with Crippen molar-refractivity contribution >= 4 is 46.6 Å². The van der Waals surface area contributed by atoms with Gasteiger partial charge in [-0.2, -0.15) is 0 Å². The van der Waals surface area contributed by atoms with Gasteiger partial charge >= 0.3 is 5.97 Å². The van der Waals surface area contributed by atoms with Crippen LogP contribution in [0.3, 0.4) is 0 Å². The number of carbonyl (C=O) groups is 4. The topological polar surface area (TPSA) is 192 Å². The van der Waals surface area contributed by atoms with Crippen LogP contribution in [0.15, 0.2) is 133 Å². The minimum atomic E-state index is -1.49. The van der Waals surface area contributed by atoms with Crippen LogP contribution in [0.4, 0.5) is 8.78 Å². The molecule has 0 aromatic heterocycles. The highest BCUT2D eigenvalue weighted by Crippen LogP contribution is 2.36. The molecule has 13 nitrogen and oxygen atoms in total. The summed E-state index contributed by atoms with van der Waals surface area (Å²) in [7, 11) is 0. The molecule has 2 heterocycles. The number of Topliss-reactive ketones (excluding diaryl/α,β-unsaturated/α-hetero) is 2. The number of ketones is 2. The highest BCUT2D eigenvalue weighted by molar-refractivity contribution is 6.43. The highest BCUT2D eigenvalue weighted by Gasteiger charge is 2.31. The van der Waals surface area contributed by atoms with E-state index in [4.69, 9.17) is 43.5 Å². The van der Waals surface area contributed by atoms with E-state index in [9.17, 15) is 38.2 Å². The quantitative estimate of drug-likeness (QED) is 0.0382. The van der Waals surface area contributed by atoms with Crippen LogP contribution in [0, 0.1) is 11.6 Å². The highest BCUT2D eigenvalue weighted by atomic mass is 35.5. The number of aliphatic carboxylic acids is 1. The van der Waals surface area contributed by atoms with Crippen LogP contribution in [-0.4, -0.2) is 112 Å². The molecule has 4 fully saturated rings. The Labute approximate surface area is 456 Å². The third-order valence-corrected chi connectivity index (χ3v) is 14.3. The number of carboxylic acids is 1. The Morgan fingerprint density at radius 1 is 0.571 bits per heavy atom. The molecule has 77 heavy (non-hydrogen) atoms. The number of carbonyl (C=O) groups excluding carboxylic acids is 3. The van der Waals surface area contributed by atoms with Gasteiger partial charge in [0.15, 0.2) is 0 Å². The Bertz CT molecular complexity index is 3000. The molecule has 0 bridgehead atoms. The zero-order valence-electron chi connectivity index (χ0n) is 42.3. The normalized spacial score (nSPS) is 16.9. The van der Waals surface area contributed by atoms with Crippen LogP contribution in [0.1, 0.15) is 95.4 Å². The number of nitrogens with two attached hydrogens (primary N) is 1. The van der Waals surface area contributed by atoms with Gasteiger partial charge in [0.1, 0.15) is 29.2 Å². The van der Waals surface area contributed by atoms with Crippen LogP contribution in [0.25, 0.3) is 22.3 Å². The van der Waals surface area contributed by atoms with Gasteiger partial charge in [-0.05, 0) is 172 Å². The molecule has 2 saturated heterocycles. The number of aliphatic hydroxyl groups excluding tert-OH is 2. The van der Waals surface area contributed by atoms with E-state index in [1.165, 1.54) is 49.2 Å². The first kappa shape index (κ1) is 56.6. The van der Waals surface area contributed by atoms with E-state index in [2.05, 4.69) is 15.1 Å². The zero-order valence-corrected chi connectivity index (χ0v) is 43.9. The summed E-state index contributed by atoms with van der Waals surface area (Å²) in [6.45, 7) is 5.00. The molecule has 6 aromatic rings. The minimum absolute atomic E-state index is 0.101. The van der Waals surface area contributed by atoms with Crippen molar-refractivity contribution in [3.05, 3.63) is 177 Å². The SMILES string of the molecule is N[C@H](CN1CCCC1)[C@H](O)c1ccc(OC2CC2)c(Cl)c1.O=C(N[C@H](CN1CCCC1)[C@H](O)c1ccc(OC2CC2)c(Cl)c1)C(=O)c1cccc(-c2ccc(F)cc2)c1.O=C(O)C(=O)c1cccc(-c2ccc(F)cc2)c1. The van der Waals surface area contributed by atoms with Gasteiger partial charge in [0.2, 0.25) is 5.78 Å². The Morgan fingerprint density at radius 3 is 1.43 bits per heavy atom. The van der Waals surface area contributed by atoms with Gasteiger partial charge in [-0.25, -0.2) is 13.6 Å². The number of rotatable bonds is 19. The molecule has 4 atom stereocenters. The third-order valence-electron chi connectivity index (χ3n) is 13.7. The number of ether oxygens (including phenoxy) is 2. The van der Waals surface area contributed by atoms with Crippen molar-refractivity contribution in [2.45, 2.75) is 87.9 Å². The Hall–Kier alpha value is -6.56. The van der Waals surface area contributed by atoms with Gasteiger partial charge < -0.3 is 45.6 Å². The summed E-state index contributed by atoms with van der Waals surface area (Å²) in [6, 6.07) is 34.1. The van der Waals surface area contributed by atoms with Gasteiger partial charge in [-0.3, -0.25) is 14.4 Å². The molecule has 0 radical (unpaired) electrons. The molecular formula is C60H62Cl2F2N4O9. The third kappa shape index (κ3) is 16.2. The standard InChI is InChI=1S/C30H30ClFN2O4.C16H23ClN2O2.C14H9FO3/c31-25-17-22(8-13-27(25)38-24-11-12-24)28(35)26(18-34-14-1-2-15-34)33-30(37)29(36)21-5-3-4-20(16-21)19-6-9-23(32)10-7-19;17-13-9-11(3-6-15(13)21-12-4-5-12)16(20)14(18)10-19-7-1-2-8-19;15-12-6-4-9(5-7-12)10-2-1-3-11(8-10)13(16)14(17)18/h3-10,13,16-17,24,26,28,35H,1-2,11-12,14-15,18H2,(H,33,37);3,6,9,12,14,16,20H,1-2,4-5,7-8,10,18H2;1-8H,(H,17,18)/t26-,28-;14-,16-;/m11./s1. The van der Waals surface area contributed by atoms with Gasteiger partial charge in [0, 0.05) is 30.3 Å². The van der Waals surface area contributed by atoms with Crippen molar-refractivity contribution < 1.29 is 52.8 Å². The van der Waals surface area contributed by atoms with Crippen LogP contribution in [0.5, 0.6) is 11.5 Å². The van der Waals surface area contributed by atoms with Crippen molar-refractivity contribution in [1.82, 2.24) is 15.1 Å². The minimum Gasteiger partial charge on any atom is -0.489 e. The fraction of sp³-hybridized carbons (Fsp3) is 0.333. The summed E-state index contributed by atoms with van der Waals surface area (Å²) >= 11 is 12.7. The van der Waals surface area contributed by atoms with Gasteiger partial charge in [-0.15, -0.1) is 0 Å². The van der Waals surface area contributed by atoms with Crippen molar-refractivity contribution in [1.29, 1.82) is 0 Å². The molecule has 2 aliphatic carbocycles. The second-order valence-corrected chi connectivity index (χ2v) is 20.6. The number of hydrogen-bond donors (Lipinski definition) is 5. The van der Waals surface area contributed by atoms with Crippen LogP contribution < -0.4 is 20.5 Å². The lowest BCUT2D eigenvalue weighted by Gasteiger charge is -2.28. The number of halogens is 4. The van der Waals surface area contributed by atoms with Crippen molar-refractivity contribution in [3.8, 4) is 33.8 Å². The van der Waals surface area contributed by atoms with Gasteiger partial charge in [0.25, 0.3) is 11.7 Å². The van der Waals surface area contributed by atoms with Crippen molar-refractivity contribution in [2.75, 3.05) is 39.3 Å². The number of nitrogens with zero attached hydrogens (tertiary/aromatic N) is 2. The second-order valence-electron chi connectivity index (χ2n) is 19.8. The first-order valence-corrected chi connectivity index (χ1v) is 26.7. The largest absolute Gasteiger partial charge is 0.489 e. The average molecular weight is 1090 g/mol. The maximum atomic E-state index is 13.3. The van der Waals surface area contributed by atoms with Gasteiger partial charge in [0.05, 0.1) is 34.4 Å². The zero-order chi connectivity index (χ0) is 54.6. The number of likely N-dealkylation sites (tertiary alicyclic amines) is 2. The second kappa shape index (κ2) is 26.7. The number of carboxylic acid groups (broad SMARTS) is 1. The molecule has 4 aliphatic rings. The lowest BCUT2D eigenvalue weighted by molar-refractivity contribution is -0.131. The fourth-order valence-corrected chi connectivity index (χ4v) is 9.55. The van der Waals surface area contributed by atoms with Gasteiger partial charge in [-0.1, -0.05) is 96.0 Å². The Kier molecular flexibility index (Phi) is 19.6. The van der Waals surface area contributed by atoms with E-state index in [0.29, 0.717) is 50.9 Å². The van der Waals surface area contributed by atoms with Crippen LogP contribution >= 0.6 is 23.2 Å². The molecule has 6 aromatic carbocycles. The number of hydrogen-bond acceptors (Lipinski definition) is 11. The summed E-state index contributed by atoms with van der Waals surface area (Å²) in [4.78, 5) is 52.6. The molecule has 1 amide bonds. The molecule has 404 valence electrons. The fourth-order valence-electron chi connectivity index (χ4n) is 9.09. The van der Waals surface area contributed by atoms with Crippen molar-refractivity contribution in [2.24, 2.45) is 5.73 Å². The lowest BCUT2D eigenvalue weighted by atomic mass is 9.99. The number of benzene rings is 6. The Balaban J connectivity index is 0.000000169. The predicted octanol–water partition coefficient (Wildman–Crippen LogP) is 10.3. The smallest absolute Gasteiger partial charge is 0.377 e. The predicted molar refractivity (Wildman–Crippen MR) is 291 cm³/mol. The summed E-state index contributed by atoms with van der Waals surface area (Å²) < 4.78 is 37.6. The first-order valence-electron chi connectivity index (χ1n) is 25.9. The molecule has 0 unspecified atom stereocenters. The molecule has 0 spiro atoms. The summed E-state index contributed by atoms with van der Waals surface area (Å²) in [5.41, 5.74) is 10.6. The van der Waals surface area contributed by atoms with E-state index in [0.717, 1.165) is 87.9 Å². The maximum absolute atomic E-state index is 13.3. The number of aliphatic hydroxyl groups is 2. The summed E-state index contributed by atoms with van der Waals surface area (Å²) in [6.07, 6.45) is 7.48. The summed E-state index contributed by atoms with van der Waals surface area (Å²) in [5.74, 6) is -3.40. The number of nitrogens with one attached hydrogen (secondary N) is 1. The van der Waals surface area contributed by atoms with E-state index >= 15 is 0 Å². The monoisotopic (exact) mass is 1090 g/mol.